The second-order valence-corrected chi connectivity index (χ2v) is 5.42. The SMILES string of the molecule is Cc1cc(CNCC2(O)CCCCC2)oc1C(=O)O. The summed E-state index contributed by atoms with van der Waals surface area (Å²) < 4.78 is 5.25. The van der Waals surface area contributed by atoms with Crippen molar-refractivity contribution in [2.45, 2.75) is 51.2 Å². The molecule has 1 aromatic rings. The highest BCUT2D eigenvalue weighted by Gasteiger charge is 2.28. The third kappa shape index (κ3) is 3.58. The molecule has 5 heteroatoms. The van der Waals surface area contributed by atoms with Crippen LogP contribution in [0.3, 0.4) is 0 Å². The normalized spacial score (nSPS) is 18.4. The van der Waals surface area contributed by atoms with Gasteiger partial charge in [-0.2, -0.15) is 0 Å². The van der Waals surface area contributed by atoms with E-state index in [-0.39, 0.29) is 5.76 Å². The number of hydrogen-bond donors (Lipinski definition) is 3. The number of rotatable bonds is 5. The molecule has 0 amide bonds. The van der Waals surface area contributed by atoms with Crippen LogP contribution < -0.4 is 5.32 Å². The molecule has 106 valence electrons. The maximum atomic E-state index is 10.9. The van der Waals surface area contributed by atoms with E-state index in [0.29, 0.717) is 24.4 Å². The Labute approximate surface area is 112 Å². The summed E-state index contributed by atoms with van der Waals surface area (Å²) in [6.45, 7) is 2.68. The summed E-state index contributed by atoms with van der Waals surface area (Å²) >= 11 is 0. The number of carboxylic acid groups (broad SMARTS) is 1. The van der Waals surface area contributed by atoms with Gasteiger partial charge >= 0.3 is 5.97 Å². The number of hydrogen-bond acceptors (Lipinski definition) is 4. The van der Waals surface area contributed by atoms with Crippen LogP contribution in [0.25, 0.3) is 0 Å². The zero-order valence-corrected chi connectivity index (χ0v) is 11.2. The van der Waals surface area contributed by atoms with Gasteiger partial charge in [0.1, 0.15) is 5.76 Å². The fourth-order valence-corrected chi connectivity index (χ4v) is 2.65. The summed E-state index contributed by atoms with van der Waals surface area (Å²) in [5, 5.41) is 22.4. The summed E-state index contributed by atoms with van der Waals surface area (Å²) in [6.07, 6.45) is 5.00. The van der Waals surface area contributed by atoms with Crippen molar-refractivity contribution in [1.82, 2.24) is 5.32 Å². The Morgan fingerprint density at radius 3 is 2.68 bits per heavy atom. The van der Waals surface area contributed by atoms with Gasteiger partial charge in [0.2, 0.25) is 5.76 Å². The standard InChI is InChI=1S/C14H21NO4/c1-10-7-11(19-12(10)13(16)17)8-15-9-14(18)5-3-2-4-6-14/h7,15,18H,2-6,8-9H2,1H3,(H,16,17). The molecule has 1 saturated carbocycles. The third-order valence-corrected chi connectivity index (χ3v) is 3.70. The van der Waals surface area contributed by atoms with Gasteiger partial charge in [0.15, 0.2) is 0 Å². The second kappa shape index (κ2) is 5.75. The lowest BCUT2D eigenvalue weighted by Gasteiger charge is -2.32. The molecule has 0 atom stereocenters. The van der Waals surface area contributed by atoms with Crippen molar-refractivity contribution in [1.29, 1.82) is 0 Å². The Morgan fingerprint density at radius 1 is 1.42 bits per heavy atom. The molecule has 0 aliphatic heterocycles. The second-order valence-electron chi connectivity index (χ2n) is 5.42. The predicted octanol–water partition coefficient (Wildman–Crippen LogP) is 2.07. The molecule has 2 rings (SSSR count). The molecule has 0 unspecified atom stereocenters. The first-order chi connectivity index (χ1) is 9.00. The molecular formula is C14H21NO4. The number of nitrogens with one attached hydrogen (secondary N) is 1. The first-order valence-corrected chi connectivity index (χ1v) is 6.76. The number of aliphatic hydroxyl groups is 1. The summed E-state index contributed by atoms with van der Waals surface area (Å²) in [4.78, 5) is 10.9. The summed E-state index contributed by atoms with van der Waals surface area (Å²) in [5.74, 6) is -0.461. The topological polar surface area (TPSA) is 82.7 Å². The Bertz CT molecular complexity index is 446. The lowest BCUT2D eigenvalue weighted by atomic mass is 9.85. The van der Waals surface area contributed by atoms with E-state index >= 15 is 0 Å². The van der Waals surface area contributed by atoms with Crippen molar-refractivity contribution in [3.63, 3.8) is 0 Å². The molecule has 0 saturated heterocycles. The number of aromatic carboxylic acids is 1. The minimum atomic E-state index is -1.05. The lowest BCUT2D eigenvalue weighted by molar-refractivity contribution is 0.00433. The molecule has 0 spiro atoms. The van der Waals surface area contributed by atoms with E-state index in [4.69, 9.17) is 9.52 Å². The molecule has 1 heterocycles. The molecule has 5 nitrogen and oxygen atoms in total. The molecule has 19 heavy (non-hydrogen) atoms. The van der Waals surface area contributed by atoms with Gasteiger partial charge in [-0.3, -0.25) is 0 Å². The smallest absolute Gasteiger partial charge is 0.372 e. The van der Waals surface area contributed by atoms with Crippen LogP contribution in [0.15, 0.2) is 10.5 Å². The predicted molar refractivity (Wildman–Crippen MR) is 70.1 cm³/mol. The minimum Gasteiger partial charge on any atom is -0.475 e. The molecule has 0 aromatic carbocycles. The molecule has 0 bridgehead atoms. The van der Waals surface area contributed by atoms with Gasteiger partial charge in [0.05, 0.1) is 12.1 Å². The molecule has 1 aliphatic rings. The van der Waals surface area contributed by atoms with Gasteiger partial charge in [-0.25, -0.2) is 4.79 Å². The Morgan fingerprint density at radius 2 is 2.11 bits per heavy atom. The highest BCUT2D eigenvalue weighted by molar-refractivity contribution is 5.86. The van der Waals surface area contributed by atoms with Gasteiger partial charge in [-0.05, 0) is 25.8 Å². The van der Waals surface area contributed by atoms with E-state index < -0.39 is 11.6 Å². The largest absolute Gasteiger partial charge is 0.475 e. The van der Waals surface area contributed by atoms with Crippen molar-refractivity contribution in [2.75, 3.05) is 6.54 Å². The van der Waals surface area contributed by atoms with Crippen molar-refractivity contribution < 1.29 is 19.4 Å². The highest BCUT2D eigenvalue weighted by atomic mass is 16.4. The monoisotopic (exact) mass is 267 g/mol. The maximum Gasteiger partial charge on any atom is 0.372 e. The van der Waals surface area contributed by atoms with E-state index in [2.05, 4.69) is 5.32 Å². The van der Waals surface area contributed by atoms with Crippen LogP contribution in [0, 0.1) is 6.92 Å². The van der Waals surface area contributed by atoms with Crippen molar-refractivity contribution in [2.24, 2.45) is 0 Å². The van der Waals surface area contributed by atoms with E-state index in [1.54, 1.807) is 13.0 Å². The fourth-order valence-electron chi connectivity index (χ4n) is 2.65. The van der Waals surface area contributed by atoms with Gasteiger partial charge in [-0.15, -0.1) is 0 Å². The zero-order valence-electron chi connectivity index (χ0n) is 11.2. The zero-order chi connectivity index (χ0) is 13.9. The summed E-state index contributed by atoms with van der Waals surface area (Å²) in [7, 11) is 0. The van der Waals surface area contributed by atoms with Gasteiger partial charge in [-0.1, -0.05) is 19.3 Å². The number of aryl methyl sites for hydroxylation is 1. The molecule has 3 N–H and O–H groups in total. The number of carbonyl (C=O) groups is 1. The Balaban J connectivity index is 1.85. The highest BCUT2D eigenvalue weighted by Crippen LogP contribution is 2.27. The van der Waals surface area contributed by atoms with Crippen molar-refractivity contribution >= 4 is 5.97 Å². The van der Waals surface area contributed by atoms with Crippen LogP contribution in [0.4, 0.5) is 0 Å². The molecule has 1 aromatic heterocycles. The minimum absolute atomic E-state index is 0.00632. The van der Waals surface area contributed by atoms with Crippen molar-refractivity contribution in [3.05, 3.63) is 23.2 Å². The van der Waals surface area contributed by atoms with Gasteiger partial charge in [0.25, 0.3) is 0 Å². The maximum absolute atomic E-state index is 10.9. The average molecular weight is 267 g/mol. The van der Waals surface area contributed by atoms with E-state index in [1.807, 2.05) is 0 Å². The fraction of sp³-hybridized carbons (Fsp3) is 0.643. The summed E-state index contributed by atoms with van der Waals surface area (Å²) in [6, 6.07) is 1.72. The molecule has 1 aliphatic carbocycles. The Kier molecular flexibility index (Phi) is 4.27. The van der Waals surface area contributed by atoms with Gasteiger partial charge in [0, 0.05) is 12.1 Å². The van der Waals surface area contributed by atoms with Crippen LogP contribution in [0.2, 0.25) is 0 Å². The van der Waals surface area contributed by atoms with E-state index in [9.17, 15) is 9.90 Å². The average Bonchev–Trinajstić information content (AvgIpc) is 2.71. The van der Waals surface area contributed by atoms with Crippen LogP contribution in [0.1, 0.15) is 54.0 Å². The Hall–Kier alpha value is -1.33. The quantitative estimate of drug-likeness (QED) is 0.760. The first kappa shape index (κ1) is 14.1. The molecule has 0 radical (unpaired) electrons. The third-order valence-electron chi connectivity index (χ3n) is 3.70. The molecular weight excluding hydrogens is 246 g/mol. The summed E-state index contributed by atoms with van der Waals surface area (Å²) in [5.41, 5.74) is 0.0101. The first-order valence-electron chi connectivity index (χ1n) is 6.76. The van der Waals surface area contributed by atoms with Gasteiger partial charge < -0.3 is 19.9 Å². The lowest BCUT2D eigenvalue weighted by Crippen LogP contribution is -2.41. The van der Waals surface area contributed by atoms with Crippen molar-refractivity contribution in [3.8, 4) is 0 Å². The number of furan rings is 1. The van der Waals surface area contributed by atoms with Crippen LogP contribution in [0.5, 0.6) is 0 Å². The molecule has 1 fully saturated rings. The van der Waals surface area contributed by atoms with E-state index in [1.165, 1.54) is 6.42 Å². The number of carboxylic acids is 1. The van der Waals surface area contributed by atoms with Crippen LogP contribution in [-0.4, -0.2) is 28.3 Å². The van der Waals surface area contributed by atoms with Crippen LogP contribution in [-0.2, 0) is 6.54 Å². The van der Waals surface area contributed by atoms with Crippen LogP contribution >= 0.6 is 0 Å². The van der Waals surface area contributed by atoms with E-state index in [0.717, 1.165) is 25.7 Å².